The molecule has 39 heavy (non-hydrogen) atoms. The summed E-state index contributed by atoms with van der Waals surface area (Å²) in [6.45, 7) is 4.29. The highest BCUT2D eigenvalue weighted by molar-refractivity contribution is 7.58. The van der Waals surface area contributed by atoms with Crippen LogP contribution in [-0.4, -0.2) is 56.7 Å². The van der Waals surface area contributed by atoms with Crippen molar-refractivity contribution in [1.29, 1.82) is 0 Å². The van der Waals surface area contributed by atoms with Gasteiger partial charge in [0.2, 0.25) is 0 Å². The van der Waals surface area contributed by atoms with Crippen molar-refractivity contribution in [3.63, 3.8) is 0 Å². The van der Waals surface area contributed by atoms with Crippen molar-refractivity contribution in [2.75, 3.05) is 45.8 Å². The molecule has 2 fully saturated rings. The highest BCUT2D eigenvalue weighted by Gasteiger charge is 2.47. The quantitative estimate of drug-likeness (QED) is 0.168. The molecule has 2 aromatic rings. The highest BCUT2D eigenvalue weighted by Crippen LogP contribution is 2.69. The molecule has 214 valence electrons. The van der Waals surface area contributed by atoms with Crippen LogP contribution in [0.2, 0.25) is 0 Å². The summed E-state index contributed by atoms with van der Waals surface area (Å²) < 4.78 is 73.7. The summed E-state index contributed by atoms with van der Waals surface area (Å²) in [5, 5.41) is 10.5. The van der Waals surface area contributed by atoms with Crippen molar-refractivity contribution in [2.45, 2.75) is 38.8 Å². The van der Waals surface area contributed by atoms with Crippen molar-refractivity contribution in [3.05, 3.63) is 52.8 Å². The molecule has 13 heteroatoms. The summed E-state index contributed by atoms with van der Waals surface area (Å²) in [6.07, 6.45) is 1.47. The Kier molecular flexibility index (Phi) is 9.86. The molecule has 0 saturated carbocycles. The number of benzene rings is 2. The molecule has 2 saturated heterocycles. The maximum absolute atomic E-state index is 15.0. The van der Waals surface area contributed by atoms with Crippen LogP contribution in [0.25, 0.3) is 0 Å². The molecular weight excluding hydrogens is 553 g/mol. The van der Waals surface area contributed by atoms with Gasteiger partial charge in [0.25, 0.3) is 0 Å². The topological polar surface area (TPSA) is 127 Å². The van der Waals surface area contributed by atoms with Gasteiger partial charge < -0.3 is 32.7 Å². The molecule has 0 aliphatic carbocycles. The van der Waals surface area contributed by atoms with Gasteiger partial charge in [0.1, 0.15) is 11.5 Å². The van der Waals surface area contributed by atoms with E-state index in [0.29, 0.717) is 24.2 Å². The molecule has 1 N–H and O–H groups in total. The lowest BCUT2D eigenvalue weighted by Crippen LogP contribution is -2.10. The van der Waals surface area contributed by atoms with Gasteiger partial charge in [0.15, 0.2) is 17.3 Å². The van der Waals surface area contributed by atoms with E-state index in [4.69, 9.17) is 27.6 Å². The Morgan fingerprint density at radius 3 is 2.23 bits per heavy atom. The molecular formula is C26H33FO10P2. The van der Waals surface area contributed by atoms with Crippen LogP contribution in [0.5, 0.6) is 17.2 Å². The summed E-state index contributed by atoms with van der Waals surface area (Å²) in [5.74, 6) is -0.509. The van der Waals surface area contributed by atoms with Crippen LogP contribution in [0, 0.1) is 5.82 Å². The van der Waals surface area contributed by atoms with E-state index in [1.807, 2.05) is 6.92 Å². The zero-order valence-corrected chi connectivity index (χ0v) is 23.7. The zero-order valence-electron chi connectivity index (χ0n) is 21.9. The number of aromatic hydroxyl groups is 1. The summed E-state index contributed by atoms with van der Waals surface area (Å²) in [4.78, 5) is 11.7. The van der Waals surface area contributed by atoms with Gasteiger partial charge in [0.05, 0.1) is 57.0 Å². The number of ketones is 1. The lowest BCUT2D eigenvalue weighted by atomic mass is 10.0. The lowest BCUT2D eigenvalue weighted by molar-refractivity contribution is 0.101. The predicted octanol–water partition coefficient (Wildman–Crippen LogP) is 6.06. The van der Waals surface area contributed by atoms with E-state index in [-0.39, 0.29) is 74.2 Å². The van der Waals surface area contributed by atoms with E-state index >= 15 is 0 Å². The number of hydrogen-bond acceptors (Lipinski definition) is 10. The number of rotatable bonds is 13. The second kappa shape index (κ2) is 12.9. The second-order valence-corrected chi connectivity index (χ2v) is 13.5. The monoisotopic (exact) mass is 586 g/mol. The van der Waals surface area contributed by atoms with Gasteiger partial charge >= 0.3 is 15.2 Å². The maximum atomic E-state index is 15.0. The van der Waals surface area contributed by atoms with Crippen LogP contribution in [0.3, 0.4) is 0 Å². The summed E-state index contributed by atoms with van der Waals surface area (Å²) in [7, 11) is -7.22. The summed E-state index contributed by atoms with van der Waals surface area (Å²) >= 11 is 0. The number of hydrogen-bond donors (Lipinski definition) is 1. The largest absolute Gasteiger partial charge is 0.507 e. The number of halogens is 1. The number of carbonyl (C=O) groups excluding carboxylic acids is 1. The van der Waals surface area contributed by atoms with Gasteiger partial charge in [-0.05, 0) is 43.2 Å². The minimum Gasteiger partial charge on any atom is -0.507 e. The minimum atomic E-state index is -3.71. The molecule has 2 heterocycles. The van der Waals surface area contributed by atoms with E-state index in [2.05, 4.69) is 0 Å². The molecule has 1 unspecified atom stereocenters. The Balaban J connectivity index is 1.37. The highest BCUT2D eigenvalue weighted by atomic mass is 31.2. The van der Waals surface area contributed by atoms with E-state index in [1.165, 1.54) is 31.2 Å². The average molecular weight is 586 g/mol. The number of Topliss-reactive ketones (excluding diaryl/α,β-unsaturated/α-hetero) is 1. The smallest absolute Gasteiger partial charge is 0.338 e. The maximum Gasteiger partial charge on any atom is 0.338 e. The molecule has 0 amide bonds. The SMILES string of the molecule is CCCc1c(OCCCOc2ccc(C(CP3(=O)OCCO3)P3(=O)OCCO3)cc2F)ccc(C(C)=O)c1O. The van der Waals surface area contributed by atoms with Crippen LogP contribution in [0.4, 0.5) is 4.39 Å². The van der Waals surface area contributed by atoms with E-state index in [0.717, 1.165) is 6.42 Å². The molecule has 0 radical (unpaired) electrons. The number of carbonyl (C=O) groups is 1. The average Bonchev–Trinajstić information content (AvgIpc) is 3.54. The van der Waals surface area contributed by atoms with Crippen LogP contribution < -0.4 is 9.47 Å². The molecule has 0 aromatic heterocycles. The normalized spacial score (nSPS) is 18.6. The third-order valence-corrected chi connectivity index (χ3v) is 10.9. The first-order chi connectivity index (χ1) is 18.7. The Morgan fingerprint density at radius 1 is 1.00 bits per heavy atom. The van der Waals surface area contributed by atoms with Crippen molar-refractivity contribution in [2.24, 2.45) is 0 Å². The molecule has 10 nitrogen and oxygen atoms in total. The van der Waals surface area contributed by atoms with Crippen molar-refractivity contribution < 1.29 is 51.0 Å². The molecule has 1 atom stereocenters. The first-order valence-electron chi connectivity index (χ1n) is 12.8. The Hall–Kier alpha value is -2.26. The minimum absolute atomic E-state index is 0.0147. The van der Waals surface area contributed by atoms with Crippen molar-refractivity contribution in [3.8, 4) is 17.2 Å². The van der Waals surface area contributed by atoms with E-state index < -0.39 is 26.7 Å². The summed E-state index contributed by atoms with van der Waals surface area (Å²) in [6, 6.07) is 7.30. The molecule has 0 spiro atoms. The van der Waals surface area contributed by atoms with Crippen molar-refractivity contribution in [1.82, 2.24) is 0 Å². The standard InChI is InChI=1S/C26H33FO10P2/c1-3-5-21-23(9-7-20(18(2)28)26(21)29)32-10-4-11-33-24-8-6-19(16-22(24)27)25(39(31)36-14-15-37-39)17-38(30)34-12-13-35-38/h6-9,16,25,29H,3-5,10-15,17H2,1-2H3. The molecule has 4 rings (SSSR count). The van der Waals surface area contributed by atoms with Crippen LogP contribution in [0.1, 0.15) is 53.8 Å². The number of phenols is 1. The Labute approximate surface area is 226 Å². The second-order valence-electron chi connectivity index (χ2n) is 9.17. The van der Waals surface area contributed by atoms with E-state index in [1.54, 1.807) is 6.07 Å². The third-order valence-electron chi connectivity index (χ3n) is 6.33. The molecule has 2 aromatic carbocycles. The lowest BCUT2D eigenvalue weighted by Gasteiger charge is -2.24. The van der Waals surface area contributed by atoms with Crippen LogP contribution in [-0.2, 0) is 33.6 Å². The first-order valence-corrected chi connectivity index (χ1v) is 16.2. The third kappa shape index (κ3) is 7.09. The molecule has 2 aliphatic rings. The Morgan fingerprint density at radius 2 is 1.62 bits per heavy atom. The predicted molar refractivity (Wildman–Crippen MR) is 141 cm³/mol. The van der Waals surface area contributed by atoms with Gasteiger partial charge in [0, 0.05) is 12.0 Å². The van der Waals surface area contributed by atoms with Gasteiger partial charge in [-0.2, -0.15) is 0 Å². The van der Waals surface area contributed by atoms with Crippen LogP contribution in [0.15, 0.2) is 30.3 Å². The van der Waals surface area contributed by atoms with Gasteiger partial charge in [-0.15, -0.1) is 0 Å². The van der Waals surface area contributed by atoms with E-state index in [9.17, 15) is 23.4 Å². The zero-order chi connectivity index (χ0) is 28.0. The Bertz CT molecular complexity index is 1260. The fourth-order valence-electron chi connectivity index (χ4n) is 4.43. The first kappa shape index (κ1) is 29.7. The van der Waals surface area contributed by atoms with Gasteiger partial charge in [-0.3, -0.25) is 13.9 Å². The van der Waals surface area contributed by atoms with Crippen LogP contribution >= 0.6 is 15.2 Å². The fourth-order valence-corrected chi connectivity index (χ4v) is 9.08. The number of phenolic OH excluding ortho intramolecular Hbond substituents is 1. The number of ether oxygens (including phenoxy) is 2. The summed E-state index contributed by atoms with van der Waals surface area (Å²) in [5.41, 5.74) is 0.0817. The molecule has 2 aliphatic heterocycles. The van der Waals surface area contributed by atoms with Crippen molar-refractivity contribution >= 4 is 21.0 Å². The van der Waals surface area contributed by atoms with Gasteiger partial charge in [-0.1, -0.05) is 19.4 Å². The fraction of sp³-hybridized carbons (Fsp3) is 0.500. The molecule has 0 bridgehead atoms. The van der Waals surface area contributed by atoms with Gasteiger partial charge in [-0.25, -0.2) is 4.39 Å².